The summed E-state index contributed by atoms with van der Waals surface area (Å²) in [7, 11) is -0.788. The summed E-state index contributed by atoms with van der Waals surface area (Å²) >= 11 is 5.76. The molecule has 6 nitrogen and oxygen atoms in total. The van der Waals surface area contributed by atoms with E-state index in [0.29, 0.717) is 24.3 Å². The largest absolute Gasteiger partial charge is 0.493 e. The number of sulfonamides is 1. The lowest BCUT2D eigenvalue weighted by Gasteiger charge is -2.29. The van der Waals surface area contributed by atoms with E-state index in [9.17, 15) is 17.2 Å². The van der Waals surface area contributed by atoms with Gasteiger partial charge in [-0.1, -0.05) is 11.6 Å². The molecule has 1 aliphatic heterocycles. The number of hydrogen-bond acceptors (Lipinski definition) is 5. The van der Waals surface area contributed by atoms with E-state index in [0.717, 1.165) is 38.2 Å². The zero-order valence-corrected chi connectivity index (χ0v) is 19.0. The van der Waals surface area contributed by atoms with Crippen LogP contribution in [-0.2, 0) is 23.0 Å². The second-order valence-corrected chi connectivity index (χ2v) is 9.45. The van der Waals surface area contributed by atoms with Crippen LogP contribution in [0.5, 0.6) is 11.5 Å². The third kappa shape index (κ3) is 5.65. The highest BCUT2D eigenvalue weighted by Gasteiger charge is 2.21. The monoisotopic (exact) mass is 474 g/mol. The molecule has 2 aromatic rings. The van der Waals surface area contributed by atoms with Crippen molar-refractivity contribution in [1.82, 2.24) is 9.62 Å². The molecule has 0 saturated carbocycles. The molecular weight excluding hydrogens is 450 g/mol. The molecule has 0 radical (unpaired) electrons. The van der Waals surface area contributed by atoms with Crippen molar-refractivity contribution >= 4 is 21.6 Å². The molecule has 0 amide bonds. The van der Waals surface area contributed by atoms with Gasteiger partial charge in [0, 0.05) is 19.6 Å². The molecule has 0 atom stereocenters. The summed E-state index contributed by atoms with van der Waals surface area (Å²) in [5.74, 6) is -1.02. The van der Waals surface area contributed by atoms with Crippen molar-refractivity contribution in [3.05, 3.63) is 52.0 Å². The standard InChI is InChI=1S/C21H25ClF2N2O4S/c1-29-19-9-14-5-8-26(13-15(14)10-20(19)30-2)7-4-3-6-25-31(27,28)21-12-18(24)17(23)11-16(21)22/h9-12,25H,3-8,13H2,1-2H3. The highest BCUT2D eigenvalue weighted by Crippen LogP contribution is 2.33. The Morgan fingerprint density at radius 1 is 1.03 bits per heavy atom. The number of fused-ring (bicyclic) bond motifs is 1. The van der Waals surface area contributed by atoms with E-state index in [-0.39, 0.29) is 11.6 Å². The van der Waals surface area contributed by atoms with Gasteiger partial charge in [0.15, 0.2) is 23.1 Å². The van der Waals surface area contributed by atoms with E-state index in [1.165, 1.54) is 11.1 Å². The molecule has 3 rings (SSSR count). The third-order valence-corrected chi connectivity index (χ3v) is 7.18. The lowest BCUT2D eigenvalue weighted by molar-refractivity contribution is 0.248. The Hall–Kier alpha value is -1.94. The Bertz CT molecular complexity index is 1050. The van der Waals surface area contributed by atoms with Crippen molar-refractivity contribution in [2.75, 3.05) is 33.9 Å². The van der Waals surface area contributed by atoms with Crippen LogP contribution >= 0.6 is 11.6 Å². The van der Waals surface area contributed by atoms with Crippen molar-refractivity contribution in [3.8, 4) is 11.5 Å². The lowest BCUT2D eigenvalue weighted by atomic mass is 9.98. The van der Waals surface area contributed by atoms with Gasteiger partial charge in [-0.05, 0) is 61.2 Å². The van der Waals surface area contributed by atoms with E-state index in [1.807, 2.05) is 12.1 Å². The quantitative estimate of drug-likeness (QED) is 0.443. The number of ether oxygens (including phenoxy) is 2. The van der Waals surface area contributed by atoms with Crippen LogP contribution in [0.4, 0.5) is 8.78 Å². The molecule has 0 bridgehead atoms. The molecule has 170 valence electrons. The van der Waals surface area contributed by atoms with Gasteiger partial charge in [0.25, 0.3) is 0 Å². The van der Waals surface area contributed by atoms with Gasteiger partial charge in [0.1, 0.15) is 4.90 Å². The molecule has 0 spiro atoms. The van der Waals surface area contributed by atoms with E-state index >= 15 is 0 Å². The summed E-state index contributed by atoms with van der Waals surface area (Å²) in [6.07, 6.45) is 2.27. The average molecular weight is 475 g/mol. The van der Waals surface area contributed by atoms with E-state index < -0.39 is 26.6 Å². The van der Waals surface area contributed by atoms with Crippen LogP contribution in [0.25, 0.3) is 0 Å². The summed E-state index contributed by atoms with van der Waals surface area (Å²) in [6.45, 7) is 2.67. The van der Waals surface area contributed by atoms with Crippen LogP contribution in [-0.4, -0.2) is 47.2 Å². The zero-order chi connectivity index (χ0) is 22.6. The third-order valence-electron chi connectivity index (χ3n) is 5.25. The second kappa shape index (κ2) is 10.1. The fourth-order valence-corrected chi connectivity index (χ4v) is 5.19. The van der Waals surface area contributed by atoms with Crippen LogP contribution in [0.3, 0.4) is 0 Å². The summed E-state index contributed by atoms with van der Waals surface area (Å²) in [6, 6.07) is 5.27. The minimum atomic E-state index is -4.02. The number of nitrogens with zero attached hydrogens (tertiary/aromatic N) is 1. The van der Waals surface area contributed by atoms with Crippen molar-refractivity contribution in [3.63, 3.8) is 0 Å². The molecule has 1 N–H and O–H groups in total. The summed E-state index contributed by atoms with van der Waals surface area (Å²) in [4.78, 5) is 1.83. The van der Waals surface area contributed by atoms with Crippen molar-refractivity contribution in [2.45, 2.75) is 30.7 Å². The maximum atomic E-state index is 13.4. The molecular formula is C21H25ClF2N2O4S. The first-order valence-corrected chi connectivity index (χ1v) is 11.7. The van der Waals surface area contributed by atoms with E-state index in [1.54, 1.807) is 14.2 Å². The number of rotatable bonds is 9. The minimum Gasteiger partial charge on any atom is -0.493 e. The maximum absolute atomic E-state index is 13.4. The number of hydrogen-bond donors (Lipinski definition) is 1. The first-order chi connectivity index (χ1) is 14.7. The Balaban J connectivity index is 1.49. The minimum absolute atomic E-state index is 0.174. The summed E-state index contributed by atoms with van der Waals surface area (Å²) in [5, 5.41) is -0.356. The Morgan fingerprint density at radius 3 is 2.35 bits per heavy atom. The van der Waals surface area contributed by atoms with E-state index in [4.69, 9.17) is 21.1 Å². The first-order valence-electron chi connectivity index (χ1n) is 9.85. The molecule has 1 heterocycles. The molecule has 2 aromatic carbocycles. The molecule has 10 heteroatoms. The van der Waals surface area contributed by atoms with Gasteiger partial charge in [-0.15, -0.1) is 0 Å². The molecule has 0 aromatic heterocycles. The van der Waals surface area contributed by atoms with Gasteiger partial charge < -0.3 is 9.47 Å². The van der Waals surface area contributed by atoms with Crippen LogP contribution in [0.2, 0.25) is 5.02 Å². The molecule has 0 unspecified atom stereocenters. The fraction of sp³-hybridized carbons (Fsp3) is 0.429. The second-order valence-electron chi connectivity index (χ2n) is 7.30. The SMILES string of the molecule is COc1cc2c(cc1OC)CN(CCCCNS(=O)(=O)c1cc(F)c(F)cc1Cl)CC2. The predicted octanol–water partition coefficient (Wildman–Crippen LogP) is 3.75. The first kappa shape index (κ1) is 23.7. The number of halogens is 3. The lowest BCUT2D eigenvalue weighted by Crippen LogP contribution is -2.32. The van der Waals surface area contributed by atoms with Gasteiger partial charge >= 0.3 is 0 Å². The topological polar surface area (TPSA) is 67.9 Å². The molecule has 0 fully saturated rings. The molecule has 0 aliphatic carbocycles. The van der Waals surface area contributed by atoms with E-state index in [2.05, 4.69) is 9.62 Å². The summed E-state index contributed by atoms with van der Waals surface area (Å²) < 4.78 is 64.3. The predicted molar refractivity (Wildman–Crippen MR) is 114 cm³/mol. The Kier molecular flexibility index (Phi) is 7.74. The number of methoxy groups -OCH3 is 2. The zero-order valence-electron chi connectivity index (χ0n) is 17.4. The normalized spacial score (nSPS) is 14.4. The molecule has 1 aliphatic rings. The maximum Gasteiger partial charge on any atom is 0.242 e. The molecule has 31 heavy (non-hydrogen) atoms. The average Bonchev–Trinajstić information content (AvgIpc) is 2.74. The highest BCUT2D eigenvalue weighted by atomic mass is 35.5. The fourth-order valence-electron chi connectivity index (χ4n) is 3.59. The molecule has 0 saturated heterocycles. The van der Waals surface area contributed by atoms with Crippen molar-refractivity contribution < 1.29 is 26.7 Å². The van der Waals surface area contributed by atoms with Crippen molar-refractivity contribution in [1.29, 1.82) is 0 Å². The van der Waals surface area contributed by atoms with Crippen LogP contribution in [0, 0.1) is 11.6 Å². The van der Waals surface area contributed by atoms with Gasteiger partial charge in [-0.2, -0.15) is 0 Å². The smallest absolute Gasteiger partial charge is 0.242 e. The summed E-state index contributed by atoms with van der Waals surface area (Å²) in [5.41, 5.74) is 2.43. The van der Waals surface area contributed by atoms with Crippen LogP contribution in [0.15, 0.2) is 29.2 Å². The number of benzene rings is 2. The van der Waals surface area contributed by atoms with Gasteiger partial charge in [0.2, 0.25) is 10.0 Å². The Labute approximate surface area is 186 Å². The Morgan fingerprint density at radius 2 is 1.68 bits per heavy atom. The number of nitrogens with one attached hydrogen (secondary N) is 1. The van der Waals surface area contributed by atoms with Crippen molar-refractivity contribution in [2.24, 2.45) is 0 Å². The van der Waals surface area contributed by atoms with Crippen LogP contribution in [0.1, 0.15) is 24.0 Å². The van der Waals surface area contributed by atoms with Crippen LogP contribution < -0.4 is 14.2 Å². The van der Waals surface area contributed by atoms with Gasteiger partial charge in [-0.3, -0.25) is 4.90 Å². The number of unbranched alkanes of at least 4 members (excludes halogenated alkanes) is 1. The van der Waals surface area contributed by atoms with Gasteiger partial charge in [-0.25, -0.2) is 21.9 Å². The van der Waals surface area contributed by atoms with Gasteiger partial charge in [0.05, 0.1) is 19.2 Å². The highest BCUT2D eigenvalue weighted by molar-refractivity contribution is 7.89.